The number of aliphatic hydroxyl groups is 4. The molecule has 1 aliphatic rings. The van der Waals surface area contributed by atoms with Gasteiger partial charge in [-0.15, -0.1) is 0 Å². The summed E-state index contributed by atoms with van der Waals surface area (Å²) < 4.78 is 20.7. The van der Waals surface area contributed by atoms with Gasteiger partial charge < -0.3 is 55.1 Å². The smallest absolute Gasteiger partial charge is 0.407 e. The zero-order valence-electron chi connectivity index (χ0n) is 22.7. The molecule has 1 heterocycles. The number of aliphatic hydroxyl groups excluding tert-OH is 4. The number of carbonyl (C=O) groups is 3. The molecule has 0 bridgehead atoms. The van der Waals surface area contributed by atoms with Gasteiger partial charge in [0.25, 0.3) is 0 Å². The van der Waals surface area contributed by atoms with E-state index in [1.54, 1.807) is 0 Å². The van der Waals surface area contributed by atoms with Gasteiger partial charge in [0, 0.05) is 13.5 Å². The van der Waals surface area contributed by atoms with E-state index in [9.17, 15) is 39.9 Å². The Balaban J connectivity index is 2.93. The summed E-state index contributed by atoms with van der Waals surface area (Å²) in [6.07, 6.45) is -8.05. The molecule has 6 unspecified atom stereocenters. The first-order valence-electron chi connectivity index (χ1n) is 12.5. The Bertz CT molecular complexity index is 765. The number of hydrogen-bond acceptors (Lipinski definition) is 11. The van der Waals surface area contributed by atoms with E-state index in [0.717, 1.165) is 0 Å². The zero-order chi connectivity index (χ0) is 29.1. The summed E-state index contributed by atoms with van der Waals surface area (Å²) in [5.41, 5.74) is -2.50. The van der Waals surface area contributed by atoms with E-state index >= 15 is 0 Å². The van der Waals surface area contributed by atoms with E-state index < -0.39 is 79.0 Å². The van der Waals surface area contributed by atoms with Gasteiger partial charge in [-0.25, -0.2) is 9.59 Å². The first-order chi connectivity index (χ1) is 17.7. The molecule has 1 saturated heterocycles. The van der Waals surface area contributed by atoms with Gasteiger partial charge >= 0.3 is 12.1 Å². The Morgan fingerprint density at radius 3 is 2.32 bits per heavy atom. The molecule has 0 saturated carbocycles. The van der Waals surface area contributed by atoms with Gasteiger partial charge in [-0.1, -0.05) is 27.7 Å². The standard InChI is InChI=1S/C24H44N2O12/c1-14(2)23(3,4)13-24(21(32)33)10-15(28)18(20(38-24)19(31)16(29)12-27)26-17(30)11-25-22(34)37-9-8-36-7-6-35-5/h14-16,18-20,27-29,31H,6-13H2,1-5H3,(H,25,34)(H,26,30)(H,32,33). The highest BCUT2D eigenvalue weighted by Gasteiger charge is 2.56. The number of amides is 2. The van der Waals surface area contributed by atoms with Crippen LogP contribution in [0.4, 0.5) is 4.79 Å². The molecule has 0 aromatic heterocycles. The van der Waals surface area contributed by atoms with Crippen LogP contribution in [-0.4, -0.2) is 126 Å². The van der Waals surface area contributed by atoms with Crippen molar-refractivity contribution < 1.29 is 58.9 Å². The molecule has 222 valence electrons. The van der Waals surface area contributed by atoms with E-state index in [0.29, 0.717) is 13.2 Å². The minimum Gasteiger partial charge on any atom is -0.479 e. The second kappa shape index (κ2) is 15.5. The van der Waals surface area contributed by atoms with Crippen molar-refractivity contribution >= 4 is 18.0 Å². The lowest BCUT2D eigenvalue weighted by Crippen LogP contribution is -2.68. The van der Waals surface area contributed by atoms with Crippen molar-refractivity contribution in [3.05, 3.63) is 0 Å². The van der Waals surface area contributed by atoms with Gasteiger partial charge in [0.05, 0.1) is 38.6 Å². The third kappa shape index (κ3) is 9.91. The van der Waals surface area contributed by atoms with Crippen molar-refractivity contribution in [1.29, 1.82) is 0 Å². The number of methoxy groups -OCH3 is 1. The maximum atomic E-state index is 12.5. The normalized spacial score (nSPS) is 25.5. The predicted molar refractivity (Wildman–Crippen MR) is 132 cm³/mol. The molecule has 0 aromatic rings. The number of alkyl carbamates (subject to hydrolysis) is 1. The van der Waals surface area contributed by atoms with Gasteiger partial charge in [0.2, 0.25) is 5.91 Å². The number of carboxylic acid groups (broad SMARTS) is 1. The third-order valence-electron chi connectivity index (χ3n) is 6.89. The summed E-state index contributed by atoms with van der Waals surface area (Å²) in [4.78, 5) is 36.7. The average molecular weight is 553 g/mol. The van der Waals surface area contributed by atoms with E-state index in [1.165, 1.54) is 7.11 Å². The molecule has 2 amide bonds. The topological polar surface area (TPSA) is 213 Å². The summed E-state index contributed by atoms with van der Waals surface area (Å²) in [5, 5.41) is 55.7. The average Bonchev–Trinajstić information content (AvgIpc) is 2.84. The zero-order valence-corrected chi connectivity index (χ0v) is 22.7. The molecule has 1 rings (SSSR count). The molecule has 0 spiro atoms. The van der Waals surface area contributed by atoms with E-state index in [-0.39, 0.29) is 25.6 Å². The minimum atomic E-state index is -1.94. The number of ether oxygens (including phenoxy) is 4. The fourth-order valence-corrected chi connectivity index (χ4v) is 4.00. The largest absolute Gasteiger partial charge is 0.479 e. The highest BCUT2D eigenvalue weighted by molar-refractivity contribution is 5.82. The lowest BCUT2D eigenvalue weighted by Gasteiger charge is -2.49. The van der Waals surface area contributed by atoms with Crippen molar-refractivity contribution in [2.75, 3.05) is 46.7 Å². The third-order valence-corrected chi connectivity index (χ3v) is 6.89. The summed E-state index contributed by atoms with van der Waals surface area (Å²) >= 11 is 0. The molecule has 0 aromatic carbocycles. The second-order valence-electron chi connectivity index (χ2n) is 10.4. The number of nitrogens with one attached hydrogen (secondary N) is 2. The lowest BCUT2D eigenvalue weighted by atomic mass is 9.69. The van der Waals surface area contributed by atoms with Gasteiger partial charge in [-0.05, 0) is 17.8 Å². The minimum absolute atomic E-state index is 0.0334. The SMILES string of the molecule is COCCOCCOC(=O)NCC(=O)NC1C(O)CC(CC(C)(C)C(C)C)(C(=O)O)OC1C(O)C(O)CO. The van der Waals surface area contributed by atoms with Crippen molar-refractivity contribution in [3.8, 4) is 0 Å². The van der Waals surface area contributed by atoms with Crippen LogP contribution in [0.2, 0.25) is 0 Å². The van der Waals surface area contributed by atoms with E-state index in [4.69, 9.17) is 18.9 Å². The van der Waals surface area contributed by atoms with Crippen LogP contribution in [0, 0.1) is 11.3 Å². The second-order valence-corrected chi connectivity index (χ2v) is 10.4. The molecule has 38 heavy (non-hydrogen) atoms. The van der Waals surface area contributed by atoms with Gasteiger partial charge in [-0.3, -0.25) is 4.79 Å². The molecule has 1 aliphatic heterocycles. The number of hydrogen-bond donors (Lipinski definition) is 7. The fraction of sp³-hybridized carbons (Fsp3) is 0.875. The molecule has 7 N–H and O–H groups in total. The van der Waals surface area contributed by atoms with Gasteiger partial charge in [0.1, 0.15) is 31.5 Å². The van der Waals surface area contributed by atoms with Crippen molar-refractivity contribution in [1.82, 2.24) is 10.6 Å². The maximum Gasteiger partial charge on any atom is 0.407 e. The predicted octanol–water partition coefficient (Wildman–Crippen LogP) is -1.38. The Hall–Kier alpha value is -2.07. The summed E-state index contributed by atoms with van der Waals surface area (Å²) in [6, 6.07) is -1.36. The summed E-state index contributed by atoms with van der Waals surface area (Å²) in [7, 11) is 1.52. The van der Waals surface area contributed by atoms with Gasteiger partial charge in [0.15, 0.2) is 5.60 Å². The number of rotatable bonds is 16. The maximum absolute atomic E-state index is 12.5. The summed E-state index contributed by atoms with van der Waals surface area (Å²) in [6.45, 7) is 6.83. The number of carbonyl (C=O) groups excluding carboxylic acids is 2. The van der Waals surface area contributed by atoms with Crippen LogP contribution in [0.3, 0.4) is 0 Å². The van der Waals surface area contributed by atoms with Crippen molar-refractivity contribution in [3.63, 3.8) is 0 Å². The summed E-state index contributed by atoms with van der Waals surface area (Å²) in [5.74, 6) is -2.14. The van der Waals surface area contributed by atoms with Crippen LogP contribution in [0.5, 0.6) is 0 Å². The van der Waals surface area contributed by atoms with E-state index in [1.807, 2.05) is 27.7 Å². The highest BCUT2D eigenvalue weighted by Crippen LogP contribution is 2.43. The molecule has 14 nitrogen and oxygen atoms in total. The Labute approximate surface area is 222 Å². The van der Waals surface area contributed by atoms with Crippen molar-refractivity contribution in [2.45, 2.75) is 76.6 Å². The van der Waals surface area contributed by atoms with Crippen LogP contribution >= 0.6 is 0 Å². The number of carboxylic acids is 1. The monoisotopic (exact) mass is 552 g/mol. The Kier molecular flexibility index (Phi) is 13.9. The Morgan fingerprint density at radius 1 is 1.13 bits per heavy atom. The molecule has 14 heteroatoms. The van der Waals surface area contributed by atoms with Crippen LogP contribution in [0.15, 0.2) is 0 Å². The van der Waals surface area contributed by atoms with Gasteiger partial charge in [-0.2, -0.15) is 0 Å². The lowest BCUT2D eigenvalue weighted by molar-refractivity contribution is -0.237. The Morgan fingerprint density at radius 2 is 1.76 bits per heavy atom. The van der Waals surface area contributed by atoms with Crippen LogP contribution in [0.1, 0.15) is 40.5 Å². The molecule has 1 fully saturated rings. The van der Waals surface area contributed by atoms with Crippen molar-refractivity contribution in [2.24, 2.45) is 11.3 Å². The van der Waals surface area contributed by atoms with Crippen LogP contribution in [0.25, 0.3) is 0 Å². The molecule has 6 atom stereocenters. The first kappa shape index (κ1) is 34.0. The fourth-order valence-electron chi connectivity index (χ4n) is 4.00. The number of aliphatic carboxylic acids is 1. The quantitative estimate of drug-likeness (QED) is 0.110. The highest BCUT2D eigenvalue weighted by atomic mass is 16.6. The molecular weight excluding hydrogens is 508 g/mol. The molecular formula is C24H44N2O12. The molecule has 0 aliphatic carbocycles. The van der Waals surface area contributed by atoms with E-state index in [2.05, 4.69) is 10.6 Å². The van der Waals surface area contributed by atoms with Crippen LogP contribution in [-0.2, 0) is 28.5 Å². The molecule has 0 radical (unpaired) electrons. The first-order valence-corrected chi connectivity index (χ1v) is 12.5. The van der Waals surface area contributed by atoms with Crippen LogP contribution < -0.4 is 10.6 Å².